The van der Waals surface area contributed by atoms with E-state index in [0.717, 1.165) is 17.9 Å². The molecular weight excluding hydrogens is 249 g/mol. The standard InChI is InChI=1S/C13H16FN3S/c1-3-17-11(6-9(2)16-17)8-18-13-5-4-10(15)7-12(13)14/h4-7H,3,8,15H2,1-2H3. The zero-order valence-corrected chi connectivity index (χ0v) is 11.3. The number of aryl methyl sites for hydroxylation is 2. The number of nitrogens with two attached hydrogens (primary N) is 1. The second kappa shape index (κ2) is 5.44. The molecular formula is C13H16FN3S. The van der Waals surface area contributed by atoms with Crippen LogP contribution in [0.5, 0.6) is 0 Å². The molecule has 0 radical (unpaired) electrons. The first-order valence-corrected chi connectivity index (χ1v) is 6.80. The van der Waals surface area contributed by atoms with Gasteiger partial charge in [0.2, 0.25) is 0 Å². The van der Waals surface area contributed by atoms with Crippen LogP contribution in [-0.4, -0.2) is 9.78 Å². The minimum atomic E-state index is -0.265. The van der Waals surface area contributed by atoms with Gasteiger partial charge in [-0.3, -0.25) is 4.68 Å². The van der Waals surface area contributed by atoms with Crippen LogP contribution in [0.4, 0.5) is 10.1 Å². The first-order valence-electron chi connectivity index (χ1n) is 5.81. The predicted molar refractivity (Wildman–Crippen MR) is 73.0 cm³/mol. The fourth-order valence-corrected chi connectivity index (χ4v) is 2.67. The van der Waals surface area contributed by atoms with Crippen LogP contribution < -0.4 is 5.73 Å². The molecule has 96 valence electrons. The Hall–Kier alpha value is -1.49. The zero-order valence-electron chi connectivity index (χ0n) is 10.5. The minimum Gasteiger partial charge on any atom is -0.399 e. The Morgan fingerprint density at radius 2 is 2.17 bits per heavy atom. The molecule has 1 heterocycles. The van der Waals surface area contributed by atoms with E-state index in [-0.39, 0.29) is 5.82 Å². The molecule has 0 fully saturated rings. The van der Waals surface area contributed by atoms with Crippen molar-refractivity contribution in [3.63, 3.8) is 0 Å². The Balaban J connectivity index is 2.11. The Morgan fingerprint density at radius 1 is 1.39 bits per heavy atom. The van der Waals surface area contributed by atoms with Gasteiger partial charge in [-0.1, -0.05) is 0 Å². The van der Waals surface area contributed by atoms with Crippen LogP contribution in [0.25, 0.3) is 0 Å². The first kappa shape index (κ1) is 13.0. The van der Waals surface area contributed by atoms with Crippen molar-refractivity contribution in [2.24, 2.45) is 0 Å². The highest BCUT2D eigenvalue weighted by atomic mass is 32.2. The van der Waals surface area contributed by atoms with E-state index in [1.54, 1.807) is 12.1 Å². The van der Waals surface area contributed by atoms with Crippen molar-refractivity contribution >= 4 is 17.4 Å². The summed E-state index contributed by atoms with van der Waals surface area (Å²) in [5.74, 6) is 0.439. The Kier molecular flexibility index (Phi) is 3.91. The Morgan fingerprint density at radius 3 is 2.83 bits per heavy atom. The van der Waals surface area contributed by atoms with Crippen LogP contribution in [0.3, 0.4) is 0 Å². The average Bonchev–Trinajstić information content (AvgIpc) is 2.68. The molecule has 2 aromatic rings. The van der Waals surface area contributed by atoms with Crippen LogP contribution in [0.15, 0.2) is 29.2 Å². The number of hydrogen-bond donors (Lipinski definition) is 1. The normalized spacial score (nSPS) is 10.8. The molecule has 2 rings (SSSR count). The molecule has 1 aromatic heterocycles. The van der Waals surface area contributed by atoms with Gasteiger partial charge < -0.3 is 5.73 Å². The molecule has 3 nitrogen and oxygen atoms in total. The SMILES string of the molecule is CCn1nc(C)cc1CSc1ccc(N)cc1F. The summed E-state index contributed by atoms with van der Waals surface area (Å²) in [6, 6.07) is 6.82. The van der Waals surface area contributed by atoms with Crippen molar-refractivity contribution in [3.8, 4) is 0 Å². The highest BCUT2D eigenvalue weighted by Crippen LogP contribution is 2.27. The van der Waals surface area contributed by atoms with Crippen molar-refractivity contribution < 1.29 is 4.39 Å². The minimum absolute atomic E-state index is 0.265. The van der Waals surface area contributed by atoms with Gasteiger partial charge in [0.25, 0.3) is 0 Å². The fourth-order valence-electron chi connectivity index (χ4n) is 1.77. The lowest BCUT2D eigenvalue weighted by molar-refractivity contribution is 0.602. The summed E-state index contributed by atoms with van der Waals surface area (Å²) in [5, 5.41) is 4.37. The maximum absolute atomic E-state index is 13.6. The first-order chi connectivity index (χ1) is 8.60. The topological polar surface area (TPSA) is 43.8 Å². The van der Waals surface area contributed by atoms with E-state index in [1.165, 1.54) is 17.8 Å². The third-order valence-corrected chi connectivity index (χ3v) is 3.70. The lowest BCUT2D eigenvalue weighted by Gasteiger charge is -2.06. The van der Waals surface area contributed by atoms with Crippen molar-refractivity contribution in [1.82, 2.24) is 9.78 Å². The lowest BCUT2D eigenvalue weighted by Crippen LogP contribution is -2.01. The second-order valence-electron chi connectivity index (χ2n) is 4.07. The van der Waals surface area contributed by atoms with Gasteiger partial charge in [0.1, 0.15) is 5.82 Å². The van der Waals surface area contributed by atoms with Gasteiger partial charge in [0.15, 0.2) is 0 Å². The molecule has 5 heteroatoms. The number of aromatic nitrogens is 2. The van der Waals surface area contributed by atoms with Crippen molar-refractivity contribution in [1.29, 1.82) is 0 Å². The summed E-state index contributed by atoms with van der Waals surface area (Å²) in [4.78, 5) is 0.616. The van der Waals surface area contributed by atoms with Gasteiger partial charge in [0.05, 0.1) is 5.69 Å². The number of hydrogen-bond acceptors (Lipinski definition) is 3. The number of nitrogen functional groups attached to an aromatic ring is 1. The van der Waals surface area contributed by atoms with E-state index < -0.39 is 0 Å². The molecule has 0 aliphatic carbocycles. The average molecular weight is 265 g/mol. The van der Waals surface area contributed by atoms with Gasteiger partial charge >= 0.3 is 0 Å². The number of nitrogens with zero attached hydrogens (tertiary/aromatic N) is 2. The van der Waals surface area contributed by atoms with Crippen LogP contribution in [-0.2, 0) is 12.3 Å². The van der Waals surface area contributed by atoms with Crippen LogP contribution in [0, 0.1) is 12.7 Å². The van der Waals surface area contributed by atoms with E-state index in [9.17, 15) is 4.39 Å². The number of thioether (sulfide) groups is 1. The Bertz CT molecular complexity index is 551. The van der Waals surface area contributed by atoms with Gasteiger partial charge in [-0.2, -0.15) is 5.10 Å². The van der Waals surface area contributed by atoms with Crippen molar-refractivity contribution in [2.75, 3.05) is 5.73 Å². The summed E-state index contributed by atoms with van der Waals surface area (Å²) >= 11 is 1.46. The summed E-state index contributed by atoms with van der Waals surface area (Å²) in [7, 11) is 0. The van der Waals surface area contributed by atoms with Gasteiger partial charge in [-0.15, -0.1) is 11.8 Å². The summed E-state index contributed by atoms with van der Waals surface area (Å²) < 4.78 is 15.6. The molecule has 2 N–H and O–H groups in total. The second-order valence-corrected chi connectivity index (χ2v) is 5.09. The molecule has 0 aliphatic heterocycles. The maximum Gasteiger partial charge on any atom is 0.138 e. The van der Waals surface area contributed by atoms with Crippen molar-refractivity contribution in [2.45, 2.75) is 31.0 Å². The van der Waals surface area contributed by atoms with E-state index in [4.69, 9.17) is 5.73 Å². The zero-order chi connectivity index (χ0) is 13.1. The lowest BCUT2D eigenvalue weighted by atomic mass is 10.3. The van der Waals surface area contributed by atoms with Gasteiger partial charge in [-0.25, -0.2) is 4.39 Å². The third-order valence-electron chi connectivity index (χ3n) is 2.62. The van der Waals surface area contributed by atoms with E-state index in [2.05, 4.69) is 5.10 Å². The largest absolute Gasteiger partial charge is 0.399 e. The molecule has 0 unspecified atom stereocenters. The number of benzene rings is 1. The van der Waals surface area contributed by atoms with E-state index in [1.807, 2.05) is 24.6 Å². The van der Waals surface area contributed by atoms with Gasteiger partial charge in [-0.05, 0) is 38.1 Å². The Labute approximate surface area is 110 Å². The molecule has 0 spiro atoms. The molecule has 0 saturated heterocycles. The van der Waals surface area contributed by atoms with Crippen LogP contribution in [0.2, 0.25) is 0 Å². The third kappa shape index (κ3) is 2.85. The molecule has 18 heavy (non-hydrogen) atoms. The summed E-state index contributed by atoms with van der Waals surface area (Å²) in [6.07, 6.45) is 0. The molecule has 0 bridgehead atoms. The van der Waals surface area contributed by atoms with Crippen LogP contribution >= 0.6 is 11.8 Å². The van der Waals surface area contributed by atoms with E-state index in [0.29, 0.717) is 16.3 Å². The molecule has 0 saturated carbocycles. The maximum atomic E-state index is 13.6. The fraction of sp³-hybridized carbons (Fsp3) is 0.308. The van der Waals surface area contributed by atoms with Crippen molar-refractivity contribution in [3.05, 3.63) is 41.5 Å². The molecule has 0 aliphatic rings. The predicted octanol–water partition coefficient (Wildman–Crippen LogP) is 3.23. The highest BCUT2D eigenvalue weighted by Gasteiger charge is 2.07. The van der Waals surface area contributed by atoms with E-state index >= 15 is 0 Å². The molecule has 0 amide bonds. The number of anilines is 1. The number of rotatable bonds is 4. The highest BCUT2D eigenvalue weighted by molar-refractivity contribution is 7.98. The van der Waals surface area contributed by atoms with Crippen LogP contribution in [0.1, 0.15) is 18.3 Å². The molecule has 1 aromatic carbocycles. The summed E-state index contributed by atoms with van der Waals surface area (Å²) in [6.45, 7) is 4.84. The molecule has 0 atom stereocenters. The summed E-state index contributed by atoms with van der Waals surface area (Å²) in [5.41, 5.74) is 8.07. The smallest absolute Gasteiger partial charge is 0.138 e. The quantitative estimate of drug-likeness (QED) is 0.682. The van der Waals surface area contributed by atoms with Gasteiger partial charge in [0, 0.05) is 28.6 Å². The number of halogens is 1. The monoisotopic (exact) mass is 265 g/mol.